The number of hydrogen-bond donors (Lipinski definition) is 1. The molecule has 3 atom stereocenters. The van der Waals surface area contributed by atoms with E-state index in [1.165, 1.54) is 77.0 Å². The Morgan fingerprint density at radius 3 is 1.97 bits per heavy atom. The molecular weight excluding hydrogens is 454 g/mol. The lowest BCUT2D eigenvalue weighted by atomic mass is 10.0. The molecule has 0 radical (unpaired) electrons. The van der Waals surface area contributed by atoms with Gasteiger partial charge in [0.1, 0.15) is 12.6 Å². The predicted octanol–water partition coefficient (Wildman–Crippen LogP) is 5.93. The Balaban J connectivity index is 1.97. The van der Waals surface area contributed by atoms with Crippen molar-refractivity contribution in [3.63, 3.8) is 0 Å². The molecule has 0 spiro atoms. The van der Waals surface area contributed by atoms with Crippen molar-refractivity contribution < 1.29 is 31.2 Å². The van der Waals surface area contributed by atoms with E-state index in [1.807, 2.05) is 21.1 Å². The SMILES string of the molecule is CCCCCCCCC1CC1CCCCCCCC(=O)OCCC(COS(=O)(=O)O)[N+](C)(C)C. The second-order valence-corrected chi connectivity index (χ2v) is 12.2. The molecule has 3 unspecified atom stereocenters. The highest BCUT2D eigenvalue weighted by Crippen LogP contribution is 2.45. The second-order valence-electron chi connectivity index (χ2n) is 11.1. The van der Waals surface area contributed by atoms with Crippen molar-refractivity contribution in [1.29, 1.82) is 0 Å². The van der Waals surface area contributed by atoms with Crippen molar-refractivity contribution in [3.05, 3.63) is 0 Å². The molecule has 1 rings (SSSR count). The van der Waals surface area contributed by atoms with Gasteiger partial charge in [-0.1, -0.05) is 84.0 Å². The molecule has 0 aliphatic heterocycles. The van der Waals surface area contributed by atoms with Crippen LogP contribution in [0.25, 0.3) is 0 Å². The van der Waals surface area contributed by atoms with Gasteiger partial charge >= 0.3 is 16.4 Å². The van der Waals surface area contributed by atoms with E-state index in [1.54, 1.807) is 0 Å². The highest BCUT2D eigenvalue weighted by atomic mass is 32.3. The molecule has 34 heavy (non-hydrogen) atoms. The smallest absolute Gasteiger partial charge is 0.397 e. The van der Waals surface area contributed by atoms with Crippen LogP contribution >= 0.6 is 0 Å². The fraction of sp³-hybridized carbons (Fsp3) is 0.962. The summed E-state index contributed by atoms with van der Waals surface area (Å²) in [5, 5.41) is 0. The Morgan fingerprint density at radius 2 is 1.44 bits per heavy atom. The molecule has 202 valence electrons. The molecule has 1 fully saturated rings. The first-order chi connectivity index (χ1) is 16.0. The zero-order chi connectivity index (χ0) is 25.5. The molecule has 7 nitrogen and oxygen atoms in total. The van der Waals surface area contributed by atoms with E-state index < -0.39 is 10.4 Å². The summed E-state index contributed by atoms with van der Waals surface area (Å²) >= 11 is 0. The van der Waals surface area contributed by atoms with E-state index >= 15 is 0 Å². The van der Waals surface area contributed by atoms with Crippen LogP contribution in [0.4, 0.5) is 0 Å². The lowest BCUT2D eigenvalue weighted by Gasteiger charge is -2.33. The van der Waals surface area contributed by atoms with Crippen molar-refractivity contribution in [2.45, 2.75) is 116 Å². The number of ether oxygens (including phenoxy) is 1. The minimum Gasteiger partial charge on any atom is -0.465 e. The summed E-state index contributed by atoms with van der Waals surface area (Å²) in [5.41, 5.74) is 0. The van der Waals surface area contributed by atoms with Gasteiger partial charge in [-0.2, -0.15) is 8.42 Å². The van der Waals surface area contributed by atoms with E-state index in [0.717, 1.165) is 24.7 Å². The van der Waals surface area contributed by atoms with Gasteiger partial charge in [0.2, 0.25) is 0 Å². The molecule has 0 aromatic rings. The molecule has 1 N–H and O–H groups in total. The Bertz CT molecular complexity index is 646. The summed E-state index contributed by atoms with van der Waals surface area (Å²) in [4.78, 5) is 12.0. The van der Waals surface area contributed by atoms with Crippen LogP contribution in [-0.4, -0.2) is 63.8 Å². The fourth-order valence-corrected chi connectivity index (χ4v) is 4.98. The Labute approximate surface area is 209 Å². The highest BCUT2D eigenvalue weighted by Gasteiger charge is 2.35. The molecular formula is C26H52NO6S+. The maximum absolute atomic E-state index is 12.0. The van der Waals surface area contributed by atoms with Gasteiger partial charge in [0.15, 0.2) is 0 Å². The quantitative estimate of drug-likeness (QED) is 0.0847. The number of rotatable bonds is 22. The zero-order valence-electron chi connectivity index (χ0n) is 22.3. The first kappa shape index (κ1) is 31.3. The van der Waals surface area contributed by atoms with Gasteiger partial charge in [0, 0.05) is 12.8 Å². The van der Waals surface area contributed by atoms with Gasteiger partial charge in [-0.05, 0) is 24.7 Å². The summed E-state index contributed by atoms with van der Waals surface area (Å²) in [7, 11) is 1.23. The van der Waals surface area contributed by atoms with Crippen LogP contribution in [0.5, 0.6) is 0 Å². The standard InChI is InChI=1S/C26H51NO6S/c1-5-6-7-8-10-13-16-23-21-24(23)17-14-11-9-12-15-18-26(28)32-20-19-25(27(2,3)4)22-33-34(29,30)31/h23-25H,5-22H2,1-4H3/p+1. The first-order valence-electron chi connectivity index (χ1n) is 13.6. The van der Waals surface area contributed by atoms with Gasteiger partial charge in [-0.15, -0.1) is 0 Å². The molecule has 0 aromatic carbocycles. The lowest BCUT2D eigenvalue weighted by Crippen LogP contribution is -2.48. The van der Waals surface area contributed by atoms with E-state index in [2.05, 4.69) is 11.1 Å². The van der Waals surface area contributed by atoms with Crippen LogP contribution in [0, 0.1) is 11.8 Å². The third-order valence-corrected chi connectivity index (χ3v) is 7.61. The van der Waals surface area contributed by atoms with Crippen molar-refractivity contribution in [1.82, 2.24) is 0 Å². The van der Waals surface area contributed by atoms with Crippen LogP contribution in [-0.2, 0) is 24.1 Å². The monoisotopic (exact) mass is 506 g/mol. The zero-order valence-corrected chi connectivity index (χ0v) is 23.1. The van der Waals surface area contributed by atoms with Crippen molar-refractivity contribution >= 4 is 16.4 Å². The Kier molecular flexibility index (Phi) is 15.6. The van der Waals surface area contributed by atoms with Crippen molar-refractivity contribution in [3.8, 4) is 0 Å². The van der Waals surface area contributed by atoms with Crippen LogP contribution in [0.15, 0.2) is 0 Å². The largest absolute Gasteiger partial charge is 0.465 e. The van der Waals surface area contributed by atoms with E-state index in [0.29, 0.717) is 17.3 Å². The summed E-state index contributed by atoms with van der Waals surface area (Å²) in [6, 6.07) is -0.216. The number of esters is 1. The molecule has 0 saturated heterocycles. The predicted molar refractivity (Wildman–Crippen MR) is 137 cm³/mol. The van der Waals surface area contributed by atoms with Crippen LogP contribution in [0.2, 0.25) is 0 Å². The molecule has 0 amide bonds. The minimum absolute atomic E-state index is 0.152. The number of nitrogens with zero attached hydrogens (tertiary/aromatic N) is 1. The topological polar surface area (TPSA) is 89.9 Å². The number of carbonyl (C=O) groups excluding carboxylic acids is 1. The van der Waals surface area contributed by atoms with Gasteiger partial charge in [0.25, 0.3) is 0 Å². The van der Waals surface area contributed by atoms with Crippen LogP contribution in [0.1, 0.15) is 110 Å². The van der Waals surface area contributed by atoms with E-state index in [-0.39, 0.29) is 25.2 Å². The maximum atomic E-state index is 12.0. The Hall–Kier alpha value is -0.700. The summed E-state index contributed by atoms with van der Waals surface area (Å²) in [6.07, 6.45) is 19.2. The normalized spacial score (nSPS) is 19.2. The Morgan fingerprint density at radius 1 is 0.912 bits per heavy atom. The third-order valence-electron chi connectivity index (χ3n) is 7.17. The lowest BCUT2D eigenvalue weighted by molar-refractivity contribution is -0.896. The van der Waals surface area contributed by atoms with Gasteiger partial charge in [0.05, 0.1) is 27.7 Å². The molecule has 8 heteroatoms. The van der Waals surface area contributed by atoms with Gasteiger partial charge < -0.3 is 9.22 Å². The molecule has 1 aliphatic carbocycles. The number of hydrogen-bond acceptors (Lipinski definition) is 5. The first-order valence-corrected chi connectivity index (χ1v) is 15.0. The summed E-state index contributed by atoms with van der Waals surface area (Å²) < 4.78 is 40.7. The molecule has 0 bridgehead atoms. The van der Waals surface area contributed by atoms with E-state index in [4.69, 9.17) is 9.29 Å². The fourth-order valence-electron chi connectivity index (χ4n) is 4.65. The summed E-state index contributed by atoms with van der Waals surface area (Å²) in [6.45, 7) is 2.33. The molecule has 0 heterocycles. The molecule has 1 saturated carbocycles. The van der Waals surface area contributed by atoms with Gasteiger partial charge in [-0.3, -0.25) is 9.35 Å². The second kappa shape index (κ2) is 16.9. The highest BCUT2D eigenvalue weighted by molar-refractivity contribution is 7.80. The summed E-state index contributed by atoms with van der Waals surface area (Å²) in [5.74, 6) is 1.80. The molecule has 1 aliphatic rings. The van der Waals surface area contributed by atoms with Crippen LogP contribution < -0.4 is 0 Å². The maximum Gasteiger partial charge on any atom is 0.397 e. The van der Waals surface area contributed by atoms with Gasteiger partial charge in [-0.25, -0.2) is 4.18 Å². The number of quaternary nitrogens is 1. The van der Waals surface area contributed by atoms with E-state index in [9.17, 15) is 13.2 Å². The average Bonchev–Trinajstić information content (AvgIpc) is 3.48. The van der Waals surface area contributed by atoms with Crippen LogP contribution in [0.3, 0.4) is 0 Å². The molecule has 0 aromatic heterocycles. The number of unbranched alkanes of at least 4 members (excludes halogenated alkanes) is 9. The third kappa shape index (κ3) is 16.8. The number of carbonyl (C=O) groups is 1. The van der Waals surface area contributed by atoms with Crippen molar-refractivity contribution in [2.24, 2.45) is 11.8 Å². The average molecular weight is 507 g/mol. The van der Waals surface area contributed by atoms with Crippen molar-refractivity contribution in [2.75, 3.05) is 34.4 Å². The number of likely N-dealkylation sites (N-methyl/N-ethyl adjacent to an activating group) is 1. The minimum atomic E-state index is -4.47.